The van der Waals surface area contributed by atoms with Gasteiger partial charge in [0.15, 0.2) is 0 Å². The molecule has 1 atom stereocenters. The SMILES string of the molecule is CC1(NCCOCCOCCCCO)C(=O)N(O)c2ccccc21. The van der Waals surface area contributed by atoms with Crippen LogP contribution in [0.5, 0.6) is 0 Å². The fourth-order valence-electron chi connectivity index (χ4n) is 2.70. The Kier molecular flexibility index (Phi) is 7.14. The van der Waals surface area contributed by atoms with E-state index in [9.17, 15) is 10.0 Å². The number of unbranched alkanes of at least 4 members (excludes halogenated alkanes) is 1. The van der Waals surface area contributed by atoms with E-state index in [1.807, 2.05) is 12.1 Å². The average Bonchev–Trinajstić information content (AvgIpc) is 2.79. The highest BCUT2D eigenvalue weighted by atomic mass is 16.5. The van der Waals surface area contributed by atoms with Gasteiger partial charge in [-0.05, 0) is 25.8 Å². The smallest absolute Gasteiger partial charge is 0.275 e. The fourth-order valence-corrected chi connectivity index (χ4v) is 2.70. The first kappa shape index (κ1) is 18.8. The minimum absolute atomic E-state index is 0.192. The van der Waals surface area contributed by atoms with E-state index in [-0.39, 0.29) is 6.61 Å². The zero-order chi connectivity index (χ0) is 17.4. The first-order valence-electron chi connectivity index (χ1n) is 8.25. The van der Waals surface area contributed by atoms with Gasteiger partial charge >= 0.3 is 0 Å². The van der Waals surface area contributed by atoms with Crippen LogP contribution in [0.4, 0.5) is 5.69 Å². The molecule has 0 saturated heterocycles. The summed E-state index contributed by atoms with van der Waals surface area (Å²) in [5.41, 5.74) is 0.314. The molecule has 3 N–H and O–H groups in total. The third-order valence-corrected chi connectivity index (χ3v) is 4.08. The molecule has 1 unspecified atom stereocenters. The number of amides is 1. The molecular weight excluding hydrogens is 312 g/mol. The van der Waals surface area contributed by atoms with Crippen LogP contribution in [0, 0.1) is 0 Å². The maximum atomic E-state index is 12.3. The number of carbonyl (C=O) groups excluding carboxylic acids is 1. The monoisotopic (exact) mass is 338 g/mol. The molecule has 0 saturated carbocycles. The van der Waals surface area contributed by atoms with Gasteiger partial charge in [0.05, 0.1) is 25.5 Å². The van der Waals surface area contributed by atoms with Gasteiger partial charge in [0, 0.05) is 25.3 Å². The lowest BCUT2D eigenvalue weighted by Gasteiger charge is -2.24. The summed E-state index contributed by atoms with van der Waals surface area (Å²) in [4.78, 5) is 12.3. The van der Waals surface area contributed by atoms with Crippen molar-refractivity contribution in [3.05, 3.63) is 29.8 Å². The maximum Gasteiger partial charge on any atom is 0.275 e. The minimum atomic E-state index is -0.949. The highest BCUT2D eigenvalue weighted by molar-refractivity contribution is 6.05. The lowest BCUT2D eigenvalue weighted by molar-refractivity contribution is -0.128. The molecule has 7 nitrogen and oxygen atoms in total. The molecular formula is C17H26N2O5. The molecule has 1 aliphatic heterocycles. The minimum Gasteiger partial charge on any atom is -0.396 e. The number of hydrogen-bond acceptors (Lipinski definition) is 6. The van der Waals surface area contributed by atoms with Gasteiger partial charge in [-0.3, -0.25) is 15.3 Å². The number of rotatable bonds is 11. The normalized spacial score (nSPS) is 19.8. The summed E-state index contributed by atoms with van der Waals surface area (Å²) in [6.45, 7) is 4.48. The van der Waals surface area contributed by atoms with E-state index in [0.717, 1.165) is 18.4 Å². The van der Waals surface area contributed by atoms with Gasteiger partial charge in [0.1, 0.15) is 5.54 Å². The number of aliphatic hydroxyl groups excluding tert-OH is 1. The van der Waals surface area contributed by atoms with E-state index in [0.29, 0.717) is 43.7 Å². The Morgan fingerprint density at radius 3 is 2.58 bits per heavy atom. The summed E-state index contributed by atoms with van der Waals surface area (Å²) in [6, 6.07) is 7.17. The Morgan fingerprint density at radius 1 is 1.12 bits per heavy atom. The number of hydroxylamine groups is 1. The van der Waals surface area contributed by atoms with Gasteiger partial charge in [-0.1, -0.05) is 18.2 Å². The number of para-hydroxylation sites is 1. The van der Waals surface area contributed by atoms with Gasteiger partial charge < -0.3 is 14.6 Å². The molecule has 0 bridgehead atoms. The van der Waals surface area contributed by atoms with Crippen LogP contribution >= 0.6 is 0 Å². The number of ether oxygens (including phenoxy) is 2. The number of fused-ring (bicyclic) bond motifs is 1. The highest BCUT2D eigenvalue weighted by Gasteiger charge is 2.46. The second kappa shape index (κ2) is 9.10. The lowest BCUT2D eigenvalue weighted by atomic mass is 9.93. The van der Waals surface area contributed by atoms with Crippen LogP contribution in [0.25, 0.3) is 0 Å². The molecule has 24 heavy (non-hydrogen) atoms. The molecule has 7 heteroatoms. The van der Waals surface area contributed by atoms with Crippen molar-refractivity contribution in [1.29, 1.82) is 0 Å². The first-order valence-corrected chi connectivity index (χ1v) is 8.25. The number of carbonyl (C=O) groups is 1. The van der Waals surface area contributed by atoms with Crippen molar-refractivity contribution in [3.8, 4) is 0 Å². The Balaban J connectivity index is 1.68. The summed E-state index contributed by atoms with van der Waals surface area (Å²) in [5, 5.41) is 22.4. The zero-order valence-electron chi connectivity index (χ0n) is 14.0. The van der Waals surface area contributed by atoms with E-state index >= 15 is 0 Å². The van der Waals surface area contributed by atoms with E-state index in [4.69, 9.17) is 14.6 Å². The van der Waals surface area contributed by atoms with Crippen molar-refractivity contribution in [3.63, 3.8) is 0 Å². The van der Waals surface area contributed by atoms with E-state index in [1.54, 1.807) is 19.1 Å². The van der Waals surface area contributed by atoms with Gasteiger partial charge in [-0.15, -0.1) is 0 Å². The number of hydrogen-bond donors (Lipinski definition) is 3. The molecule has 0 aromatic heterocycles. The molecule has 1 amide bonds. The summed E-state index contributed by atoms with van der Waals surface area (Å²) in [7, 11) is 0. The molecule has 1 aromatic carbocycles. The van der Waals surface area contributed by atoms with Crippen molar-refractivity contribution >= 4 is 11.6 Å². The van der Waals surface area contributed by atoms with Crippen LogP contribution in [0.1, 0.15) is 25.3 Å². The molecule has 0 fully saturated rings. The summed E-state index contributed by atoms with van der Waals surface area (Å²) in [6.07, 6.45) is 1.59. The highest BCUT2D eigenvalue weighted by Crippen LogP contribution is 2.38. The Labute approximate surface area is 142 Å². The Hall–Kier alpha value is -1.51. The first-order chi connectivity index (χ1) is 11.6. The molecule has 1 aliphatic rings. The predicted octanol–water partition coefficient (Wildman–Crippen LogP) is 1.03. The van der Waals surface area contributed by atoms with Crippen LogP contribution in [-0.2, 0) is 19.8 Å². The van der Waals surface area contributed by atoms with Crippen molar-refractivity contribution in [2.24, 2.45) is 0 Å². The number of benzene rings is 1. The third kappa shape index (κ3) is 4.31. The summed E-state index contributed by atoms with van der Waals surface area (Å²) < 4.78 is 10.8. The number of aliphatic hydroxyl groups is 1. The van der Waals surface area contributed by atoms with E-state index < -0.39 is 11.4 Å². The van der Waals surface area contributed by atoms with Gasteiger partial charge in [0.25, 0.3) is 5.91 Å². The maximum absolute atomic E-state index is 12.3. The Morgan fingerprint density at radius 2 is 1.83 bits per heavy atom. The summed E-state index contributed by atoms with van der Waals surface area (Å²) in [5.74, 6) is -0.393. The molecule has 2 rings (SSSR count). The van der Waals surface area contributed by atoms with Crippen molar-refractivity contribution in [2.45, 2.75) is 25.3 Å². The number of nitrogens with one attached hydrogen (secondary N) is 1. The van der Waals surface area contributed by atoms with E-state index in [2.05, 4.69) is 5.32 Å². The van der Waals surface area contributed by atoms with Gasteiger partial charge in [-0.2, -0.15) is 5.06 Å². The van der Waals surface area contributed by atoms with Crippen LogP contribution in [0.15, 0.2) is 24.3 Å². The summed E-state index contributed by atoms with van der Waals surface area (Å²) >= 11 is 0. The standard InChI is InChI=1S/C17H26N2O5/c1-17(14-6-2-3-7-15(14)19(22)16(17)21)18-8-11-24-13-12-23-10-5-4-9-20/h2-3,6-7,18,20,22H,4-5,8-13H2,1H3. The zero-order valence-corrected chi connectivity index (χ0v) is 14.0. The van der Waals surface area contributed by atoms with Gasteiger partial charge in [-0.25, -0.2) is 0 Å². The number of anilines is 1. The Bertz CT molecular complexity index is 539. The fraction of sp³-hybridized carbons (Fsp3) is 0.588. The van der Waals surface area contributed by atoms with Crippen LogP contribution in [-0.4, -0.2) is 55.8 Å². The quantitative estimate of drug-likeness (QED) is 0.412. The van der Waals surface area contributed by atoms with Crippen molar-refractivity contribution in [2.75, 3.05) is 44.6 Å². The molecule has 1 heterocycles. The van der Waals surface area contributed by atoms with Crippen molar-refractivity contribution < 1.29 is 24.6 Å². The lowest BCUT2D eigenvalue weighted by Crippen LogP contribution is -2.48. The number of nitrogens with zero attached hydrogens (tertiary/aromatic N) is 1. The molecule has 0 radical (unpaired) electrons. The third-order valence-electron chi connectivity index (χ3n) is 4.08. The van der Waals surface area contributed by atoms with Crippen LogP contribution in [0.2, 0.25) is 0 Å². The molecule has 134 valence electrons. The largest absolute Gasteiger partial charge is 0.396 e. The molecule has 0 spiro atoms. The van der Waals surface area contributed by atoms with Crippen LogP contribution < -0.4 is 10.4 Å². The second-order valence-corrected chi connectivity index (χ2v) is 5.84. The molecule has 1 aromatic rings. The molecule has 0 aliphatic carbocycles. The average molecular weight is 338 g/mol. The topological polar surface area (TPSA) is 91.3 Å². The van der Waals surface area contributed by atoms with E-state index in [1.165, 1.54) is 0 Å². The predicted molar refractivity (Wildman–Crippen MR) is 89.0 cm³/mol. The van der Waals surface area contributed by atoms with Crippen molar-refractivity contribution in [1.82, 2.24) is 5.32 Å². The van der Waals surface area contributed by atoms with Crippen LogP contribution in [0.3, 0.4) is 0 Å². The second-order valence-electron chi connectivity index (χ2n) is 5.84. The van der Waals surface area contributed by atoms with Gasteiger partial charge in [0.2, 0.25) is 0 Å².